The number of carbonyl (C=O) groups excluding carboxylic acids is 1. The number of nitrogens with zero attached hydrogens (tertiary/aromatic N) is 2. The van der Waals surface area contributed by atoms with Crippen LogP contribution in [0.2, 0.25) is 0 Å². The molecule has 1 aliphatic heterocycles. The molecule has 1 aliphatic carbocycles. The molecule has 7 nitrogen and oxygen atoms in total. The van der Waals surface area contributed by atoms with E-state index < -0.39 is 6.10 Å². The average Bonchev–Trinajstić information content (AvgIpc) is 2.75. The Morgan fingerprint density at radius 1 is 1.31 bits per heavy atom. The summed E-state index contributed by atoms with van der Waals surface area (Å²) in [6, 6.07) is 11.1. The van der Waals surface area contributed by atoms with Crippen molar-refractivity contribution in [3.05, 3.63) is 60.1 Å². The Bertz CT molecular complexity index is 914. The summed E-state index contributed by atoms with van der Waals surface area (Å²) in [5.74, 6) is 1.05. The fourth-order valence-corrected chi connectivity index (χ4v) is 3.75. The number of para-hydroxylation sites is 2. The number of methoxy groups -OCH3 is 1. The van der Waals surface area contributed by atoms with E-state index in [4.69, 9.17) is 9.47 Å². The summed E-state index contributed by atoms with van der Waals surface area (Å²) < 4.78 is 11.1. The Hall–Kier alpha value is -3.06. The van der Waals surface area contributed by atoms with E-state index in [0.717, 1.165) is 30.5 Å². The van der Waals surface area contributed by atoms with Crippen molar-refractivity contribution < 1.29 is 19.4 Å². The van der Waals surface area contributed by atoms with Crippen LogP contribution in [0, 0.1) is 0 Å². The van der Waals surface area contributed by atoms with E-state index in [1.165, 1.54) is 0 Å². The fourth-order valence-electron chi connectivity index (χ4n) is 3.75. The van der Waals surface area contributed by atoms with Crippen molar-refractivity contribution in [3.63, 3.8) is 0 Å². The second-order valence-corrected chi connectivity index (χ2v) is 7.33. The van der Waals surface area contributed by atoms with Crippen LogP contribution in [0.25, 0.3) is 0 Å². The van der Waals surface area contributed by atoms with Gasteiger partial charge in [0.05, 0.1) is 31.1 Å². The van der Waals surface area contributed by atoms with Crippen molar-refractivity contribution in [2.75, 3.05) is 12.0 Å². The fraction of sp³-hybridized carbons (Fsp3) is 0.364. The first kappa shape index (κ1) is 19.3. The first-order chi connectivity index (χ1) is 14.1. The standard InChI is InChI=1S/C22H25N3O4/c1-28-21-12-15(10-11-23-21)13-25-14-20(29-19-9-5-3-7-17(19)25)22(27)24-16-6-2-4-8-18(16)26/h3,5,7,9-12,14,16,18,26H,2,4,6,8,13H2,1H3,(H,24,27)/t16-,18-/m0/s1. The van der Waals surface area contributed by atoms with Crippen molar-refractivity contribution in [3.8, 4) is 11.6 Å². The first-order valence-electron chi connectivity index (χ1n) is 9.87. The molecule has 1 aromatic carbocycles. The van der Waals surface area contributed by atoms with Gasteiger partial charge >= 0.3 is 0 Å². The van der Waals surface area contributed by atoms with Gasteiger partial charge in [0.2, 0.25) is 11.6 Å². The number of hydrogen-bond acceptors (Lipinski definition) is 6. The van der Waals surface area contributed by atoms with Gasteiger partial charge in [0, 0.05) is 18.8 Å². The number of hydrogen-bond donors (Lipinski definition) is 2. The number of carbonyl (C=O) groups is 1. The minimum absolute atomic E-state index is 0.211. The van der Waals surface area contributed by atoms with Crippen molar-refractivity contribution in [2.24, 2.45) is 0 Å². The van der Waals surface area contributed by atoms with Crippen LogP contribution in [0.4, 0.5) is 5.69 Å². The van der Waals surface area contributed by atoms with Crippen LogP contribution in [0.1, 0.15) is 31.2 Å². The number of amides is 1. The Balaban J connectivity index is 1.57. The third-order valence-corrected chi connectivity index (χ3v) is 5.30. The van der Waals surface area contributed by atoms with Crippen molar-refractivity contribution >= 4 is 11.6 Å². The van der Waals surface area contributed by atoms with Crippen molar-refractivity contribution in [1.82, 2.24) is 10.3 Å². The van der Waals surface area contributed by atoms with Gasteiger partial charge in [0.1, 0.15) is 0 Å². The Kier molecular flexibility index (Phi) is 5.67. The SMILES string of the molecule is COc1cc(CN2C=C(C(=O)N[C@H]3CCCC[C@@H]3O)Oc3ccccc32)ccn1. The molecule has 0 bridgehead atoms. The quantitative estimate of drug-likeness (QED) is 0.810. The number of aromatic nitrogens is 1. The summed E-state index contributed by atoms with van der Waals surface area (Å²) >= 11 is 0. The average molecular weight is 395 g/mol. The predicted octanol–water partition coefficient (Wildman–Crippen LogP) is 2.75. The lowest BCUT2D eigenvalue weighted by molar-refractivity contribution is -0.121. The summed E-state index contributed by atoms with van der Waals surface area (Å²) in [5.41, 5.74) is 1.87. The van der Waals surface area contributed by atoms with E-state index in [9.17, 15) is 9.90 Å². The highest BCUT2D eigenvalue weighted by atomic mass is 16.5. The molecule has 1 amide bonds. The molecule has 2 aliphatic rings. The maximum absolute atomic E-state index is 12.8. The van der Waals surface area contributed by atoms with Gasteiger partial charge in [-0.1, -0.05) is 25.0 Å². The monoisotopic (exact) mass is 395 g/mol. The lowest BCUT2D eigenvalue weighted by Crippen LogP contribution is -2.46. The predicted molar refractivity (Wildman–Crippen MR) is 109 cm³/mol. The number of rotatable bonds is 5. The van der Waals surface area contributed by atoms with Crippen LogP contribution in [-0.4, -0.2) is 35.3 Å². The third-order valence-electron chi connectivity index (χ3n) is 5.30. The number of anilines is 1. The lowest BCUT2D eigenvalue weighted by atomic mass is 9.92. The second kappa shape index (κ2) is 8.53. The number of fused-ring (bicyclic) bond motifs is 1. The molecular formula is C22H25N3O4. The molecular weight excluding hydrogens is 370 g/mol. The second-order valence-electron chi connectivity index (χ2n) is 7.33. The van der Waals surface area contributed by atoms with Crippen LogP contribution in [0.3, 0.4) is 0 Å². The Morgan fingerprint density at radius 2 is 2.14 bits per heavy atom. The molecule has 152 valence electrons. The molecule has 0 saturated heterocycles. The van der Waals surface area contributed by atoms with E-state index in [1.807, 2.05) is 41.3 Å². The van der Waals surface area contributed by atoms with E-state index in [1.54, 1.807) is 19.5 Å². The zero-order valence-electron chi connectivity index (χ0n) is 16.4. The van der Waals surface area contributed by atoms with Crippen LogP contribution in [-0.2, 0) is 11.3 Å². The van der Waals surface area contributed by atoms with Gasteiger partial charge in [-0.15, -0.1) is 0 Å². The van der Waals surface area contributed by atoms with Crippen LogP contribution < -0.4 is 19.7 Å². The van der Waals surface area contributed by atoms with Gasteiger partial charge < -0.3 is 24.8 Å². The van der Waals surface area contributed by atoms with Crippen LogP contribution in [0.5, 0.6) is 11.6 Å². The molecule has 0 radical (unpaired) electrons. The topological polar surface area (TPSA) is 83.9 Å². The minimum Gasteiger partial charge on any atom is -0.481 e. The van der Waals surface area contributed by atoms with Gasteiger partial charge in [0.25, 0.3) is 5.91 Å². The summed E-state index contributed by atoms with van der Waals surface area (Å²) in [6.45, 7) is 0.530. The Morgan fingerprint density at radius 3 is 2.97 bits per heavy atom. The van der Waals surface area contributed by atoms with Crippen molar-refractivity contribution in [2.45, 2.75) is 44.4 Å². The third kappa shape index (κ3) is 4.35. The van der Waals surface area contributed by atoms with E-state index in [-0.39, 0.29) is 17.7 Å². The van der Waals surface area contributed by atoms with Gasteiger partial charge in [0.15, 0.2) is 5.75 Å². The first-order valence-corrected chi connectivity index (χ1v) is 9.87. The van der Waals surface area contributed by atoms with Crippen LogP contribution in [0.15, 0.2) is 54.6 Å². The van der Waals surface area contributed by atoms with Gasteiger partial charge in [-0.05, 0) is 36.6 Å². The molecule has 0 spiro atoms. The van der Waals surface area contributed by atoms with E-state index in [2.05, 4.69) is 10.3 Å². The maximum Gasteiger partial charge on any atom is 0.288 e. The molecule has 2 aromatic rings. The molecule has 4 rings (SSSR count). The summed E-state index contributed by atoms with van der Waals surface area (Å²) in [5, 5.41) is 13.1. The number of ether oxygens (including phenoxy) is 2. The number of nitrogens with one attached hydrogen (secondary N) is 1. The van der Waals surface area contributed by atoms with Gasteiger partial charge in [-0.25, -0.2) is 4.98 Å². The molecule has 0 unspecified atom stereocenters. The van der Waals surface area contributed by atoms with Crippen molar-refractivity contribution in [1.29, 1.82) is 0 Å². The summed E-state index contributed by atoms with van der Waals surface area (Å²) in [7, 11) is 1.58. The molecule has 1 fully saturated rings. The van der Waals surface area contributed by atoms with Crippen LogP contribution >= 0.6 is 0 Å². The molecule has 2 N–H and O–H groups in total. The zero-order chi connectivity index (χ0) is 20.2. The van der Waals surface area contributed by atoms with E-state index in [0.29, 0.717) is 24.6 Å². The maximum atomic E-state index is 12.8. The highest BCUT2D eigenvalue weighted by Gasteiger charge is 2.29. The Labute approximate surface area is 170 Å². The van der Waals surface area contributed by atoms with Gasteiger partial charge in [-0.3, -0.25) is 4.79 Å². The number of pyridine rings is 1. The summed E-state index contributed by atoms with van der Waals surface area (Å²) in [6.07, 6.45) is 6.37. The van der Waals surface area contributed by atoms with Gasteiger partial charge in [-0.2, -0.15) is 0 Å². The minimum atomic E-state index is -0.510. The zero-order valence-corrected chi connectivity index (χ0v) is 16.4. The molecule has 29 heavy (non-hydrogen) atoms. The summed E-state index contributed by atoms with van der Waals surface area (Å²) in [4.78, 5) is 19.0. The molecule has 1 saturated carbocycles. The molecule has 7 heteroatoms. The molecule has 2 heterocycles. The largest absolute Gasteiger partial charge is 0.481 e. The normalized spacial score (nSPS) is 20.9. The number of aliphatic hydroxyl groups excluding tert-OH is 1. The highest BCUT2D eigenvalue weighted by molar-refractivity contribution is 5.93. The van der Waals surface area contributed by atoms with E-state index >= 15 is 0 Å². The molecule has 1 aromatic heterocycles. The number of aliphatic hydroxyl groups is 1. The highest BCUT2D eigenvalue weighted by Crippen LogP contribution is 2.35. The number of benzene rings is 1. The molecule has 2 atom stereocenters. The lowest BCUT2D eigenvalue weighted by Gasteiger charge is -2.31. The smallest absolute Gasteiger partial charge is 0.288 e.